The predicted octanol–water partition coefficient (Wildman–Crippen LogP) is 2.15. The Morgan fingerprint density at radius 1 is 1.05 bits per heavy atom. The molecule has 1 N–H and O–H groups in total. The van der Waals surface area contributed by atoms with Crippen molar-refractivity contribution in [2.75, 3.05) is 45.9 Å². The first-order chi connectivity index (χ1) is 10.7. The van der Waals surface area contributed by atoms with Crippen molar-refractivity contribution < 1.29 is 9.84 Å². The van der Waals surface area contributed by atoms with E-state index in [1.54, 1.807) is 0 Å². The van der Waals surface area contributed by atoms with Gasteiger partial charge in [-0.15, -0.1) is 0 Å². The number of aliphatic hydroxyl groups is 1. The number of nitrogens with zero attached hydrogens (tertiary/aromatic N) is 2. The van der Waals surface area contributed by atoms with E-state index in [-0.39, 0.29) is 6.10 Å². The van der Waals surface area contributed by atoms with Crippen LogP contribution < -0.4 is 0 Å². The van der Waals surface area contributed by atoms with E-state index in [0.717, 1.165) is 39.1 Å². The van der Waals surface area contributed by atoms with Crippen molar-refractivity contribution in [3.8, 4) is 0 Å². The maximum atomic E-state index is 10.2. The summed E-state index contributed by atoms with van der Waals surface area (Å²) >= 11 is 0. The first-order valence-electron chi connectivity index (χ1n) is 8.52. The summed E-state index contributed by atoms with van der Waals surface area (Å²) in [4.78, 5) is 4.78. The van der Waals surface area contributed by atoms with Crippen LogP contribution in [-0.4, -0.2) is 66.9 Å². The molecule has 0 amide bonds. The molecule has 0 saturated carbocycles. The van der Waals surface area contributed by atoms with Crippen LogP contribution in [0.4, 0.5) is 0 Å². The lowest BCUT2D eigenvalue weighted by Crippen LogP contribution is -2.48. The van der Waals surface area contributed by atoms with Gasteiger partial charge >= 0.3 is 0 Å². The number of rotatable bonds is 8. The molecule has 0 aromatic heterocycles. The van der Waals surface area contributed by atoms with Gasteiger partial charge in [-0.25, -0.2) is 0 Å². The molecular weight excluding hydrogens is 276 g/mol. The topological polar surface area (TPSA) is 35.9 Å². The minimum atomic E-state index is -0.411. The number of benzene rings is 1. The van der Waals surface area contributed by atoms with Gasteiger partial charge < -0.3 is 14.7 Å². The smallest absolute Gasteiger partial charge is 0.0900 e. The fourth-order valence-corrected chi connectivity index (χ4v) is 2.98. The quantitative estimate of drug-likeness (QED) is 0.798. The van der Waals surface area contributed by atoms with Crippen LogP contribution in [0.3, 0.4) is 0 Å². The van der Waals surface area contributed by atoms with Crippen LogP contribution in [0.1, 0.15) is 31.9 Å². The second kappa shape index (κ2) is 9.26. The van der Waals surface area contributed by atoms with Crippen molar-refractivity contribution in [2.45, 2.75) is 32.5 Å². The van der Waals surface area contributed by atoms with E-state index in [1.807, 2.05) is 18.2 Å². The summed E-state index contributed by atoms with van der Waals surface area (Å²) in [6.45, 7) is 10.8. The number of piperazine rings is 1. The van der Waals surface area contributed by atoms with E-state index in [0.29, 0.717) is 13.2 Å². The van der Waals surface area contributed by atoms with Crippen LogP contribution in [0, 0.1) is 0 Å². The molecule has 2 atom stereocenters. The molecule has 1 heterocycles. The zero-order valence-corrected chi connectivity index (χ0v) is 13.9. The van der Waals surface area contributed by atoms with E-state index in [1.165, 1.54) is 5.56 Å². The Bertz CT molecular complexity index is 405. The van der Waals surface area contributed by atoms with Crippen molar-refractivity contribution in [3.63, 3.8) is 0 Å². The molecule has 0 spiro atoms. The molecule has 1 aromatic rings. The standard InChI is InChI=1S/C18H30N2O2/c1-3-18(16-8-6-5-7-9-16)22-15-17(21)14-20-12-10-19(4-2)11-13-20/h5-9,17-18,21H,3-4,10-15H2,1-2H3/t17-,18-/m0/s1. The largest absolute Gasteiger partial charge is 0.389 e. The Hall–Kier alpha value is -0.940. The summed E-state index contributed by atoms with van der Waals surface area (Å²) in [5, 5.41) is 10.2. The number of hydrogen-bond donors (Lipinski definition) is 1. The van der Waals surface area contributed by atoms with E-state index < -0.39 is 6.10 Å². The highest BCUT2D eigenvalue weighted by atomic mass is 16.5. The van der Waals surface area contributed by atoms with Crippen LogP contribution in [-0.2, 0) is 4.74 Å². The molecule has 0 bridgehead atoms. The normalized spacial score (nSPS) is 20.0. The monoisotopic (exact) mass is 306 g/mol. The van der Waals surface area contributed by atoms with Gasteiger partial charge in [0.05, 0.1) is 18.8 Å². The van der Waals surface area contributed by atoms with Crippen molar-refractivity contribution in [1.29, 1.82) is 0 Å². The van der Waals surface area contributed by atoms with Crippen LogP contribution in [0.25, 0.3) is 0 Å². The molecule has 1 aliphatic rings. The van der Waals surface area contributed by atoms with Gasteiger partial charge in [0, 0.05) is 32.7 Å². The van der Waals surface area contributed by atoms with E-state index >= 15 is 0 Å². The lowest BCUT2D eigenvalue weighted by molar-refractivity contribution is -0.0279. The number of ether oxygens (including phenoxy) is 1. The molecular formula is C18H30N2O2. The van der Waals surface area contributed by atoms with E-state index in [2.05, 4.69) is 35.8 Å². The molecule has 1 fully saturated rings. The highest BCUT2D eigenvalue weighted by molar-refractivity contribution is 5.17. The van der Waals surface area contributed by atoms with Gasteiger partial charge in [-0.05, 0) is 18.5 Å². The maximum absolute atomic E-state index is 10.2. The third-order valence-electron chi connectivity index (χ3n) is 4.41. The molecule has 1 aromatic carbocycles. The van der Waals surface area contributed by atoms with Crippen LogP contribution in [0.2, 0.25) is 0 Å². The van der Waals surface area contributed by atoms with E-state index in [9.17, 15) is 5.11 Å². The van der Waals surface area contributed by atoms with E-state index in [4.69, 9.17) is 4.74 Å². The highest BCUT2D eigenvalue weighted by Gasteiger charge is 2.19. The van der Waals surface area contributed by atoms with Crippen molar-refractivity contribution in [1.82, 2.24) is 9.80 Å². The Balaban J connectivity index is 1.72. The summed E-state index contributed by atoms with van der Waals surface area (Å²) in [6, 6.07) is 10.3. The van der Waals surface area contributed by atoms with Gasteiger partial charge in [0.2, 0.25) is 0 Å². The lowest BCUT2D eigenvalue weighted by Gasteiger charge is -2.35. The fraction of sp³-hybridized carbons (Fsp3) is 0.667. The molecule has 2 rings (SSSR count). The predicted molar refractivity (Wildman–Crippen MR) is 90.0 cm³/mol. The minimum Gasteiger partial charge on any atom is -0.389 e. The molecule has 0 unspecified atom stereocenters. The Morgan fingerprint density at radius 3 is 2.27 bits per heavy atom. The number of aliphatic hydroxyl groups excluding tert-OH is 1. The van der Waals surface area contributed by atoms with Gasteiger partial charge in [-0.2, -0.15) is 0 Å². The summed E-state index contributed by atoms with van der Waals surface area (Å²) in [5.41, 5.74) is 1.19. The van der Waals surface area contributed by atoms with Crippen molar-refractivity contribution >= 4 is 0 Å². The summed E-state index contributed by atoms with van der Waals surface area (Å²) in [5.74, 6) is 0. The molecule has 4 heteroatoms. The summed E-state index contributed by atoms with van der Waals surface area (Å²) < 4.78 is 5.94. The summed E-state index contributed by atoms with van der Waals surface area (Å²) in [6.07, 6.45) is 0.588. The maximum Gasteiger partial charge on any atom is 0.0900 e. The molecule has 22 heavy (non-hydrogen) atoms. The van der Waals surface area contributed by atoms with Crippen molar-refractivity contribution in [3.05, 3.63) is 35.9 Å². The first-order valence-corrected chi connectivity index (χ1v) is 8.52. The Kier molecular flexibility index (Phi) is 7.33. The Labute approximate surface area is 134 Å². The molecule has 4 nitrogen and oxygen atoms in total. The molecule has 1 saturated heterocycles. The number of likely N-dealkylation sites (N-methyl/N-ethyl adjacent to an activating group) is 1. The van der Waals surface area contributed by atoms with Gasteiger partial charge in [-0.3, -0.25) is 4.90 Å². The van der Waals surface area contributed by atoms with Gasteiger partial charge in [0.1, 0.15) is 0 Å². The lowest BCUT2D eigenvalue weighted by atomic mass is 10.1. The van der Waals surface area contributed by atoms with Crippen LogP contribution in [0.15, 0.2) is 30.3 Å². The summed E-state index contributed by atoms with van der Waals surface area (Å²) in [7, 11) is 0. The minimum absolute atomic E-state index is 0.0767. The molecule has 0 aliphatic carbocycles. The average Bonchev–Trinajstić information content (AvgIpc) is 2.57. The van der Waals surface area contributed by atoms with Gasteiger partial charge in [0.15, 0.2) is 0 Å². The average molecular weight is 306 g/mol. The second-order valence-electron chi connectivity index (χ2n) is 6.03. The highest BCUT2D eigenvalue weighted by Crippen LogP contribution is 2.20. The fourth-order valence-electron chi connectivity index (χ4n) is 2.98. The molecule has 0 radical (unpaired) electrons. The van der Waals surface area contributed by atoms with Gasteiger partial charge in [0.25, 0.3) is 0 Å². The number of β-amino-alcohol motifs (C(OH)–C–C–N with tert-alkyl or cyclic N) is 1. The van der Waals surface area contributed by atoms with Crippen LogP contribution >= 0.6 is 0 Å². The third-order valence-corrected chi connectivity index (χ3v) is 4.41. The number of hydrogen-bond acceptors (Lipinski definition) is 4. The Morgan fingerprint density at radius 2 is 1.68 bits per heavy atom. The zero-order chi connectivity index (χ0) is 15.8. The molecule has 124 valence electrons. The first kappa shape index (κ1) is 17.4. The zero-order valence-electron chi connectivity index (χ0n) is 13.9. The van der Waals surface area contributed by atoms with Crippen LogP contribution in [0.5, 0.6) is 0 Å². The second-order valence-corrected chi connectivity index (χ2v) is 6.03. The van der Waals surface area contributed by atoms with Gasteiger partial charge in [-0.1, -0.05) is 44.2 Å². The SMILES string of the molecule is CC[C@H](OC[C@@H](O)CN1CCN(CC)CC1)c1ccccc1. The molecule has 1 aliphatic heterocycles. The van der Waals surface area contributed by atoms with Crippen molar-refractivity contribution in [2.24, 2.45) is 0 Å². The third kappa shape index (κ3) is 5.36.